The molecule has 0 aliphatic heterocycles. The summed E-state index contributed by atoms with van der Waals surface area (Å²) in [4.78, 5) is 10.8. The summed E-state index contributed by atoms with van der Waals surface area (Å²) in [6, 6.07) is 9.72. The molecule has 3 aromatic rings. The van der Waals surface area contributed by atoms with Gasteiger partial charge in [0.1, 0.15) is 5.82 Å². The maximum absolute atomic E-state index is 13.0. The molecule has 1 unspecified atom stereocenters. The number of rotatable bonds is 4. The van der Waals surface area contributed by atoms with E-state index in [-0.39, 0.29) is 11.9 Å². The van der Waals surface area contributed by atoms with Gasteiger partial charge >= 0.3 is 0 Å². The van der Waals surface area contributed by atoms with E-state index in [1.165, 1.54) is 10.9 Å². The number of aromatic nitrogens is 4. The molecule has 0 aliphatic carbocycles. The van der Waals surface area contributed by atoms with Crippen LogP contribution in [0.3, 0.4) is 0 Å². The molecule has 0 aromatic carbocycles. The van der Waals surface area contributed by atoms with E-state index in [4.69, 9.17) is 0 Å². The highest BCUT2D eigenvalue weighted by Crippen LogP contribution is 2.23. The summed E-state index contributed by atoms with van der Waals surface area (Å²) in [5.74, 6) is 1.10. The van der Waals surface area contributed by atoms with Gasteiger partial charge in [-0.2, -0.15) is 5.10 Å². The van der Waals surface area contributed by atoms with Crippen LogP contribution >= 0.6 is 0 Å². The predicted molar refractivity (Wildman–Crippen MR) is 82.4 cm³/mol. The second kappa shape index (κ2) is 5.93. The Morgan fingerprint density at radius 1 is 1.14 bits per heavy atom. The first-order valence-corrected chi connectivity index (χ1v) is 6.95. The van der Waals surface area contributed by atoms with Crippen molar-refractivity contribution in [3.05, 3.63) is 66.5 Å². The van der Waals surface area contributed by atoms with Crippen LogP contribution in [0.2, 0.25) is 0 Å². The molecule has 3 heterocycles. The van der Waals surface area contributed by atoms with Gasteiger partial charge in [0.25, 0.3) is 0 Å². The first-order chi connectivity index (χ1) is 10.6. The maximum Gasteiger partial charge on any atom is 0.161 e. The highest BCUT2D eigenvalue weighted by molar-refractivity contribution is 5.40. The van der Waals surface area contributed by atoms with Gasteiger partial charge < -0.3 is 4.90 Å². The van der Waals surface area contributed by atoms with E-state index in [9.17, 15) is 4.39 Å². The third-order valence-electron chi connectivity index (χ3n) is 3.63. The van der Waals surface area contributed by atoms with E-state index in [0.717, 1.165) is 17.6 Å². The second-order valence-electron chi connectivity index (χ2n) is 5.03. The Hall–Kier alpha value is -2.76. The average Bonchev–Trinajstić information content (AvgIpc) is 3.01. The van der Waals surface area contributed by atoms with E-state index in [2.05, 4.69) is 26.9 Å². The van der Waals surface area contributed by atoms with Gasteiger partial charge in [0, 0.05) is 19.4 Å². The molecule has 0 amide bonds. The molecular formula is C16H16FN5. The van der Waals surface area contributed by atoms with Crippen molar-refractivity contribution in [2.45, 2.75) is 13.0 Å². The van der Waals surface area contributed by atoms with Crippen LogP contribution in [0.15, 0.2) is 55.1 Å². The molecule has 5 nitrogen and oxygen atoms in total. The topological polar surface area (TPSA) is 46.8 Å². The molecular weight excluding hydrogens is 281 g/mol. The first-order valence-electron chi connectivity index (χ1n) is 6.95. The maximum atomic E-state index is 13.0. The molecule has 6 heteroatoms. The summed E-state index contributed by atoms with van der Waals surface area (Å²) in [7, 11) is 1.99. The monoisotopic (exact) mass is 297 g/mol. The van der Waals surface area contributed by atoms with Crippen LogP contribution < -0.4 is 4.90 Å². The Labute approximate surface area is 128 Å². The Morgan fingerprint density at radius 2 is 2.00 bits per heavy atom. The molecule has 0 saturated heterocycles. The Bertz CT molecular complexity index is 739. The highest BCUT2D eigenvalue weighted by Gasteiger charge is 2.13. The fourth-order valence-electron chi connectivity index (χ4n) is 2.19. The lowest BCUT2D eigenvalue weighted by Crippen LogP contribution is -2.22. The molecule has 0 saturated carbocycles. The standard InChI is InChI=1S/C16H16FN5/c1-12(21(2)15-5-3-4-8-18-15)13-6-7-16(19-9-13)22-11-14(17)10-20-22/h3-12H,1-2H3. The Kier molecular flexibility index (Phi) is 3.82. The van der Waals surface area contributed by atoms with E-state index in [1.807, 2.05) is 37.4 Å². The minimum Gasteiger partial charge on any atom is -0.353 e. The van der Waals surface area contributed by atoms with Crippen LogP contribution in [0.4, 0.5) is 10.2 Å². The summed E-state index contributed by atoms with van der Waals surface area (Å²) in [5, 5.41) is 3.90. The zero-order chi connectivity index (χ0) is 15.5. The quantitative estimate of drug-likeness (QED) is 0.742. The van der Waals surface area contributed by atoms with Crippen molar-refractivity contribution in [1.82, 2.24) is 19.7 Å². The summed E-state index contributed by atoms with van der Waals surface area (Å²) in [6.07, 6.45) is 6.00. The van der Waals surface area contributed by atoms with Crippen LogP contribution in [0, 0.1) is 5.82 Å². The van der Waals surface area contributed by atoms with Gasteiger partial charge in [-0.25, -0.2) is 19.0 Å². The molecule has 0 radical (unpaired) electrons. The van der Waals surface area contributed by atoms with Crippen molar-refractivity contribution >= 4 is 5.82 Å². The van der Waals surface area contributed by atoms with Gasteiger partial charge in [-0.05, 0) is 30.7 Å². The van der Waals surface area contributed by atoms with E-state index in [1.54, 1.807) is 12.4 Å². The molecule has 1 atom stereocenters. The van der Waals surface area contributed by atoms with Crippen molar-refractivity contribution in [3.63, 3.8) is 0 Å². The molecule has 0 fully saturated rings. The number of halogens is 1. The van der Waals surface area contributed by atoms with Crippen molar-refractivity contribution in [1.29, 1.82) is 0 Å². The summed E-state index contributed by atoms with van der Waals surface area (Å²) in [5.41, 5.74) is 1.05. The molecule has 0 N–H and O–H groups in total. The molecule has 3 rings (SSSR count). The fourth-order valence-corrected chi connectivity index (χ4v) is 2.19. The number of hydrogen-bond acceptors (Lipinski definition) is 4. The minimum absolute atomic E-state index is 0.116. The first kappa shape index (κ1) is 14.2. The average molecular weight is 297 g/mol. The molecule has 0 spiro atoms. The smallest absolute Gasteiger partial charge is 0.161 e. The number of nitrogens with zero attached hydrogens (tertiary/aromatic N) is 5. The highest BCUT2D eigenvalue weighted by atomic mass is 19.1. The summed E-state index contributed by atoms with van der Waals surface area (Å²) < 4.78 is 14.4. The van der Waals surface area contributed by atoms with Gasteiger partial charge in [0.2, 0.25) is 0 Å². The largest absolute Gasteiger partial charge is 0.353 e. The van der Waals surface area contributed by atoms with Gasteiger partial charge in [-0.3, -0.25) is 0 Å². The predicted octanol–water partition coefficient (Wildman–Crippen LogP) is 3.00. The van der Waals surface area contributed by atoms with Crippen LogP contribution in [0.1, 0.15) is 18.5 Å². The van der Waals surface area contributed by atoms with Crippen LogP contribution in [-0.4, -0.2) is 26.8 Å². The van der Waals surface area contributed by atoms with Crippen LogP contribution in [0.25, 0.3) is 5.82 Å². The van der Waals surface area contributed by atoms with Gasteiger partial charge in [-0.15, -0.1) is 0 Å². The lowest BCUT2D eigenvalue weighted by molar-refractivity contribution is 0.627. The van der Waals surface area contributed by atoms with Crippen LogP contribution in [0.5, 0.6) is 0 Å². The SMILES string of the molecule is CC(c1ccc(-n2cc(F)cn2)nc1)N(C)c1ccccn1. The van der Waals surface area contributed by atoms with Gasteiger partial charge in [0.05, 0.1) is 18.4 Å². The summed E-state index contributed by atoms with van der Waals surface area (Å²) in [6.45, 7) is 2.08. The number of anilines is 1. The molecule has 22 heavy (non-hydrogen) atoms. The zero-order valence-electron chi connectivity index (χ0n) is 12.4. The fraction of sp³-hybridized carbons (Fsp3) is 0.188. The van der Waals surface area contributed by atoms with Crippen molar-refractivity contribution in [2.24, 2.45) is 0 Å². The lowest BCUT2D eigenvalue weighted by Gasteiger charge is -2.26. The van der Waals surface area contributed by atoms with Gasteiger partial charge in [0.15, 0.2) is 11.6 Å². The van der Waals surface area contributed by atoms with Crippen LogP contribution in [-0.2, 0) is 0 Å². The molecule has 0 aliphatic rings. The molecule has 3 aromatic heterocycles. The third kappa shape index (κ3) is 2.81. The van der Waals surface area contributed by atoms with E-state index in [0.29, 0.717) is 5.82 Å². The number of pyridine rings is 2. The van der Waals surface area contributed by atoms with Crippen molar-refractivity contribution in [2.75, 3.05) is 11.9 Å². The molecule has 112 valence electrons. The van der Waals surface area contributed by atoms with E-state index >= 15 is 0 Å². The normalized spacial score (nSPS) is 12.1. The van der Waals surface area contributed by atoms with E-state index < -0.39 is 0 Å². The number of hydrogen-bond donors (Lipinski definition) is 0. The summed E-state index contributed by atoms with van der Waals surface area (Å²) >= 11 is 0. The van der Waals surface area contributed by atoms with Crippen molar-refractivity contribution in [3.8, 4) is 5.82 Å². The Balaban J connectivity index is 1.80. The third-order valence-corrected chi connectivity index (χ3v) is 3.63. The lowest BCUT2D eigenvalue weighted by atomic mass is 10.1. The Morgan fingerprint density at radius 3 is 2.59 bits per heavy atom. The minimum atomic E-state index is -0.380. The van der Waals surface area contributed by atoms with Gasteiger partial charge in [-0.1, -0.05) is 12.1 Å². The van der Waals surface area contributed by atoms with Crippen molar-refractivity contribution < 1.29 is 4.39 Å². The zero-order valence-corrected chi connectivity index (χ0v) is 12.4. The second-order valence-corrected chi connectivity index (χ2v) is 5.03. The molecule has 0 bridgehead atoms.